The lowest BCUT2D eigenvalue weighted by molar-refractivity contribution is -0.154. The van der Waals surface area contributed by atoms with Crippen LogP contribution in [0.25, 0.3) is 0 Å². The van der Waals surface area contributed by atoms with Crippen LogP contribution < -0.4 is 0 Å². The Morgan fingerprint density at radius 3 is 0.920 bits per heavy atom. The lowest BCUT2D eigenvalue weighted by Gasteiger charge is -2.12. The quantitative estimate of drug-likeness (QED) is 0.307. The van der Waals surface area contributed by atoms with Gasteiger partial charge < -0.3 is 30.6 Å². The average molecular weight is 364 g/mol. The zero-order valence-electron chi connectivity index (χ0n) is 14.9. The third-order valence-electron chi connectivity index (χ3n) is 1.68. The van der Waals surface area contributed by atoms with Gasteiger partial charge in [-0.3, -0.25) is 0 Å². The summed E-state index contributed by atoms with van der Waals surface area (Å²) in [6.45, 7) is 14.8. The summed E-state index contributed by atoms with van der Waals surface area (Å²) in [5, 5.41) is 48.6. The molecule has 9 heteroatoms. The van der Waals surface area contributed by atoms with E-state index < -0.39 is 23.7 Å². The highest BCUT2D eigenvalue weighted by Gasteiger charge is 2.11. The van der Waals surface area contributed by atoms with Gasteiger partial charge in [-0.2, -0.15) is 0 Å². The van der Waals surface area contributed by atoms with E-state index in [0.29, 0.717) is 0 Å². The summed E-state index contributed by atoms with van der Waals surface area (Å²) < 4.78 is 0. The van der Waals surface area contributed by atoms with Crippen LogP contribution in [0.15, 0.2) is 36.5 Å². The zero-order chi connectivity index (χ0) is 21.4. The molecule has 0 saturated carbocycles. The highest BCUT2D eigenvalue weighted by atomic mass is 16.5. The van der Waals surface area contributed by atoms with E-state index in [1.165, 1.54) is 27.7 Å². The molecule has 0 spiro atoms. The van der Waals surface area contributed by atoms with Crippen LogP contribution in [0.3, 0.4) is 0 Å². The van der Waals surface area contributed by atoms with Crippen molar-refractivity contribution in [1.82, 2.24) is 0 Å². The number of aliphatic carboxylic acids is 3. The van der Waals surface area contributed by atoms with Gasteiger partial charge in [-0.1, -0.05) is 19.7 Å². The molecule has 0 aliphatic carbocycles. The molecule has 9 nitrogen and oxygen atoms in total. The molecule has 6 N–H and O–H groups in total. The smallest absolute Gasteiger partial charge is 0.330 e. The van der Waals surface area contributed by atoms with Crippen LogP contribution in [0.5, 0.6) is 0 Å². The number of carboxylic acid groups (broad SMARTS) is 3. The Balaban J connectivity index is -0.000000118. The van der Waals surface area contributed by atoms with Crippen molar-refractivity contribution in [3.05, 3.63) is 36.5 Å². The number of aliphatic hydroxyl groups is 3. The fourth-order valence-electron chi connectivity index (χ4n) is 0.212. The molecule has 0 rings (SSSR count). The second kappa shape index (κ2) is 16.4. The van der Waals surface area contributed by atoms with Gasteiger partial charge in [0.2, 0.25) is 0 Å². The average Bonchev–Trinajstić information content (AvgIpc) is 2.38. The van der Waals surface area contributed by atoms with Gasteiger partial charge in [-0.05, 0) is 27.7 Å². The normalized spacial score (nSPS) is 8.76. The van der Waals surface area contributed by atoms with Gasteiger partial charge in [0.15, 0.2) is 5.79 Å². The molecule has 0 atom stereocenters. The fraction of sp³-hybridized carbons (Fsp3) is 0.438. The zero-order valence-corrected chi connectivity index (χ0v) is 14.9. The summed E-state index contributed by atoms with van der Waals surface area (Å²) >= 11 is 0. The number of carboxylic acids is 3. The van der Waals surface area contributed by atoms with E-state index in [9.17, 15) is 14.4 Å². The molecule has 0 heterocycles. The summed E-state index contributed by atoms with van der Waals surface area (Å²) in [6.07, 6.45) is 0.00694. The predicted molar refractivity (Wildman–Crippen MR) is 91.9 cm³/mol. The number of aliphatic hydroxyl groups excluding tert-OH is 1. The monoisotopic (exact) mass is 364 g/mol. The first kappa shape index (κ1) is 30.4. The third kappa shape index (κ3) is 44.9. The van der Waals surface area contributed by atoms with Gasteiger partial charge in [-0.25, -0.2) is 14.4 Å². The van der Waals surface area contributed by atoms with Crippen molar-refractivity contribution in [3.8, 4) is 0 Å². The second-order valence-corrected chi connectivity index (χ2v) is 4.95. The molecule has 0 saturated heterocycles. The maximum Gasteiger partial charge on any atom is 0.330 e. The minimum Gasteiger partial charge on any atom is -0.478 e. The molecule has 146 valence electrons. The molecule has 0 aromatic rings. The van der Waals surface area contributed by atoms with Crippen LogP contribution in [-0.2, 0) is 14.4 Å². The maximum absolute atomic E-state index is 9.60. The highest BCUT2D eigenvalue weighted by Crippen LogP contribution is 2.00. The van der Waals surface area contributed by atoms with E-state index >= 15 is 0 Å². The molecule has 0 aromatic carbocycles. The Kier molecular flexibility index (Phi) is 19.9. The SMILES string of the molecule is C=C(C)C(=O)O.C=C(C)C(=O)O.C=C(C)C(=O)O.CC(O)(O)CCO. The summed E-state index contributed by atoms with van der Waals surface area (Å²) in [5.74, 6) is -4.51. The van der Waals surface area contributed by atoms with Crippen molar-refractivity contribution in [2.24, 2.45) is 0 Å². The molecule has 0 aliphatic heterocycles. The summed E-state index contributed by atoms with van der Waals surface area (Å²) in [7, 11) is 0. The van der Waals surface area contributed by atoms with Crippen LogP contribution in [-0.4, -0.2) is 60.9 Å². The molecule has 0 aliphatic rings. The van der Waals surface area contributed by atoms with Crippen molar-refractivity contribution >= 4 is 17.9 Å². The Morgan fingerprint density at radius 1 is 0.760 bits per heavy atom. The number of hydrogen-bond donors (Lipinski definition) is 6. The first-order chi connectivity index (χ1) is 11.0. The standard InChI is InChI=1S/C4H10O3.3C4H6O2/c1-4(6,7)2-3-5;3*1-3(2)4(5)6/h5-7H,2-3H2,1H3;3*1H2,2H3,(H,5,6). The Morgan fingerprint density at radius 2 is 0.920 bits per heavy atom. The molecule has 0 fully saturated rings. The van der Waals surface area contributed by atoms with Crippen molar-refractivity contribution < 1.29 is 45.0 Å². The van der Waals surface area contributed by atoms with Crippen LogP contribution in [0.1, 0.15) is 34.1 Å². The molecular formula is C16H28O9. The van der Waals surface area contributed by atoms with E-state index in [1.807, 2.05) is 0 Å². The number of rotatable bonds is 5. The van der Waals surface area contributed by atoms with E-state index in [2.05, 4.69) is 19.7 Å². The molecule has 25 heavy (non-hydrogen) atoms. The van der Waals surface area contributed by atoms with Gasteiger partial charge in [0.25, 0.3) is 0 Å². The third-order valence-corrected chi connectivity index (χ3v) is 1.68. The van der Waals surface area contributed by atoms with Crippen LogP contribution in [0.2, 0.25) is 0 Å². The molecule has 0 aromatic heterocycles. The predicted octanol–water partition coefficient (Wildman–Crippen LogP) is 1.01. The lowest BCUT2D eigenvalue weighted by atomic mass is 10.2. The molecular weight excluding hydrogens is 336 g/mol. The summed E-state index contributed by atoms with van der Waals surface area (Å²) in [6, 6.07) is 0. The van der Waals surface area contributed by atoms with E-state index in [4.69, 9.17) is 30.6 Å². The highest BCUT2D eigenvalue weighted by molar-refractivity contribution is 5.85. The summed E-state index contributed by atoms with van der Waals surface area (Å²) in [4.78, 5) is 28.8. The topological polar surface area (TPSA) is 173 Å². The van der Waals surface area contributed by atoms with Gasteiger partial charge >= 0.3 is 17.9 Å². The lowest BCUT2D eigenvalue weighted by Crippen LogP contribution is -2.23. The van der Waals surface area contributed by atoms with E-state index in [1.54, 1.807) is 0 Å². The van der Waals surface area contributed by atoms with Crippen LogP contribution in [0.4, 0.5) is 0 Å². The first-order valence-corrected chi connectivity index (χ1v) is 6.71. The van der Waals surface area contributed by atoms with Crippen molar-refractivity contribution in [1.29, 1.82) is 0 Å². The number of hydrogen-bond acceptors (Lipinski definition) is 6. The van der Waals surface area contributed by atoms with Gasteiger partial charge in [0.1, 0.15) is 0 Å². The fourth-order valence-corrected chi connectivity index (χ4v) is 0.212. The van der Waals surface area contributed by atoms with Gasteiger partial charge in [-0.15, -0.1) is 0 Å². The largest absolute Gasteiger partial charge is 0.478 e. The van der Waals surface area contributed by atoms with Crippen LogP contribution in [0, 0.1) is 0 Å². The second-order valence-electron chi connectivity index (χ2n) is 4.95. The first-order valence-electron chi connectivity index (χ1n) is 6.71. The van der Waals surface area contributed by atoms with Crippen molar-refractivity contribution in [2.45, 2.75) is 39.9 Å². The molecule has 0 radical (unpaired) electrons. The molecule has 0 unspecified atom stereocenters. The van der Waals surface area contributed by atoms with E-state index in [0.717, 1.165) is 0 Å². The Hall–Kier alpha value is -2.49. The number of carbonyl (C=O) groups is 3. The van der Waals surface area contributed by atoms with Gasteiger partial charge in [0.05, 0.1) is 0 Å². The summed E-state index contributed by atoms with van der Waals surface area (Å²) in [5.41, 5.74) is 0.528. The van der Waals surface area contributed by atoms with Gasteiger partial charge in [0, 0.05) is 29.7 Å². The minimum absolute atomic E-state index is 0.00694. The van der Waals surface area contributed by atoms with Crippen LogP contribution >= 0.6 is 0 Å². The Bertz CT molecular complexity index is 377. The molecule has 0 bridgehead atoms. The maximum atomic E-state index is 9.60. The van der Waals surface area contributed by atoms with Crippen molar-refractivity contribution in [2.75, 3.05) is 6.61 Å². The Labute approximate surface area is 146 Å². The van der Waals surface area contributed by atoms with Crippen molar-refractivity contribution in [3.63, 3.8) is 0 Å². The minimum atomic E-state index is -1.70. The molecule has 0 amide bonds. The van der Waals surface area contributed by atoms with E-state index in [-0.39, 0.29) is 29.7 Å².